The second kappa shape index (κ2) is 8.19. The Kier molecular flexibility index (Phi) is 5.47. The van der Waals surface area contributed by atoms with Gasteiger partial charge in [-0.05, 0) is 50.5 Å². The third-order valence-corrected chi connectivity index (χ3v) is 5.84. The van der Waals surface area contributed by atoms with E-state index in [-0.39, 0.29) is 17.2 Å². The minimum Gasteiger partial charge on any atom is -0.355 e. The van der Waals surface area contributed by atoms with Crippen molar-refractivity contribution in [1.29, 1.82) is 0 Å². The molecule has 0 saturated heterocycles. The molecule has 1 aliphatic rings. The summed E-state index contributed by atoms with van der Waals surface area (Å²) in [5.41, 5.74) is 4.41. The van der Waals surface area contributed by atoms with E-state index in [2.05, 4.69) is 45.2 Å². The monoisotopic (exact) mass is 388 g/mol. The van der Waals surface area contributed by atoms with Crippen LogP contribution in [0, 0.1) is 19.3 Å². The molecule has 5 heteroatoms. The maximum absolute atomic E-state index is 12.8. The molecule has 2 heterocycles. The fourth-order valence-electron chi connectivity index (χ4n) is 3.92. The lowest BCUT2D eigenvalue weighted by atomic mass is 9.91. The number of hydrogen-bond acceptors (Lipinski definition) is 3. The van der Waals surface area contributed by atoms with E-state index < -0.39 is 0 Å². The molecule has 1 aromatic carbocycles. The van der Waals surface area contributed by atoms with Crippen molar-refractivity contribution < 1.29 is 4.79 Å². The highest BCUT2D eigenvalue weighted by Crippen LogP contribution is 2.46. The second-order valence-electron chi connectivity index (χ2n) is 8.28. The minimum atomic E-state index is -0.0384. The summed E-state index contributed by atoms with van der Waals surface area (Å²) in [7, 11) is 0. The molecule has 0 aliphatic heterocycles. The first-order chi connectivity index (χ1) is 14.0. The topological polar surface area (TPSA) is 59.8 Å². The number of nitrogens with zero attached hydrogens (tertiary/aromatic N) is 3. The summed E-state index contributed by atoms with van der Waals surface area (Å²) in [6, 6.07) is 18.1. The van der Waals surface area contributed by atoms with E-state index in [1.807, 2.05) is 43.3 Å². The molecule has 3 aromatic rings. The number of aryl methyl sites for hydroxylation is 2. The number of hydrogen-bond donors (Lipinski definition) is 1. The Hall–Kier alpha value is -2.95. The van der Waals surface area contributed by atoms with E-state index in [0.29, 0.717) is 13.0 Å². The summed E-state index contributed by atoms with van der Waals surface area (Å²) in [6.45, 7) is 5.68. The van der Waals surface area contributed by atoms with Crippen molar-refractivity contribution in [2.75, 3.05) is 6.54 Å². The van der Waals surface area contributed by atoms with Gasteiger partial charge in [-0.15, -0.1) is 0 Å². The Morgan fingerprint density at radius 1 is 1.14 bits per heavy atom. The molecule has 1 atom stereocenters. The van der Waals surface area contributed by atoms with Gasteiger partial charge < -0.3 is 5.32 Å². The third kappa shape index (κ3) is 4.73. The summed E-state index contributed by atoms with van der Waals surface area (Å²) in [5, 5.41) is 7.78. The van der Waals surface area contributed by atoms with E-state index in [9.17, 15) is 4.79 Å². The minimum absolute atomic E-state index is 0.0384. The highest BCUT2D eigenvalue weighted by atomic mass is 16.1. The molecule has 0 unspecified atom stereocenters. The molecule has 0 spiro atoms. The molecule has 1 aliphatic carbocycles. The second-order valence-corrected chi connectivity index (χ2v) is 8.28. The first-order valence-corrected chi connectivity index (χ1v) is 10.3. The van der Waals surface area contributed by atoms with Crippen LogP contribution in [0.1, 0.15) is 47.8 Å². The average Bonchev–Trinajstić information content (AvgIpc) is 3.43. The Labute approximate surface area is 172 Å². The van der Waals surface area contributed by atoms with E-state index >= 15 is 0 Å². The van der Waals surface area contributed by atoms with Crippen molar-refractivity contribution in [3.8, 4) is 0 Å². The quantitative estimate of drug-likeness (QED) is 0.634. The SMILES string of the molecule is Cc1cc(C)n(CC2(CNC(=O)C[C@H](c3ccccc3)c3ccccn3)CC2)n1. The lowest BCUT2D eigenvalue weighted by Gasteiger charge is -2.20. The molecule has 4 rings (SSSR count). The highest BCUT2D eigenvalue weighted by molar-refractivity contribution is 5.77. The lowest BCUT2D eigenvalue weighted by molar-refractivity contribution is -0.121. The fourth-order valence-corrected chi connectivity index (χ4v) is 3.92. The van der Waals surface area contributed by atoms with Gasteiger partial charge in [0, 0.05) is 48.4 Å². The zero-order valence-corrected chi connectivity index (χ0v) is 17.1. The van der Waals surface area contributed by atoms with E-state index in [1.54, 1.807) is 6.20 Å². The van der Waals surface area contributed by atoms with Gasteiger partial charge >= 0.3 is 0 Å². The Morgan fingerprint density at radius 3 is 2.52 bits per heavy atom. The van der Waals surface area contributed by atoms with Crippen LogP contribution in [0.15, 0.2) is 60.8 Å². The van der Waals surface area contributed by atoms with Crippen molar-refractivity contribution in [2.24, 2.45) is 5.41 Å². The molecule has 1 N–H and O–H groups in total. The zero-order valence-electron chi connectivity index (χ0n) is 17.1. The molecular weight excluding hydrogens is 360 g/mol. The number of nitrogens with one attached hydrogen (secondary N) is 1. The van der Waals surface area contributed by atoms with Gasteiger partial charge in [-0.2, -0.15) is 5.10 Å². The highest BCUT2D eigenvalue weighted by Gasteiger charge is 2.43. The smallest absolute Gasteiger partial charge is 0.221 e. The number of benzene rings is 1. The van der Waals surface area contributed by atoms with Crippen LogP contribution in [0.4, 0.5) is 0 Å². The van der Waals surface area contributed by atoms with Gasteiger partial charge in [-0.3, -0.25) is 14.5 Å². The first-order valence-electron chi connectivity index (χ1n) is 10.3. The van der Waals surface area contributed by atoms with Crippen LogP contribution in [0.2, 0.25) is 0 Å². The number of pyridine rings is 1. The van der Waals surface area contributed by atoms with Gasteiger partial charge in [0.1, 0.15) is 0 Å². The molecule has 150 valence electrons. The van der Waals surface area contributed by atoms with Crippen molar-refractivity contribution in [1.82, 2.24) is 20.1 Å². The van der Waals surface area contributed by atoms with Gasteiger partial charge in [0.2, 0.25) is 5.91 Å². The van der Waals surface area contributed by atoms with Crippen LogP contribution in [-0.2, 0) is 11.3 Å². The number of rotatable bonds is 8. The standard InChI is InChI=1S/C24H28N4O/c1-18-14-19(2)28(27-18)17-24(11-12-24)16-26-23(29)15-21(20-8-4-3-5-9-20)22-10-6-7-13-25-22/h3-10,13-14,21H,11-12,15-17H2,1-2H3,(H,26,29)/t21-/m1/s1. The molecule has 1 saturated carbocycles. The summed E-state index contributed by atoms with van der Waals surface area (Å²) < 4.78 is 2.08. The summed E-state index contributed by atoms with van der Waals surface area (Å²) >= 11 is 0. The van der Waals surface area contributed by atoms with Crippen LogP contribution in [0.5, 0.6) is 0 Å². The van der Waals surface area contributed by atoms with Crippen molar-refractivity contribution >= 4 is 5.91 Å². The fraction of sp³-hybridized carbons (Fsp3) is 0.375. The maximum atomic E-state index is 12.8. The van der Waals surface area contributed by atoms with E-state index in [4.69, 9.17) is 0 Å². The Bertz CT molecular complexity index is 922. The average molecular weight is 389 g/mol. The molecule has 1 amide bonds. The van der Waals surface area contributed by atoms with Gasteiger partial charge in [0.15, 0.2) is 0 Å². The lowest BCUT2D eigenvalue weighted by Crippen LogP contribution is -2.33. The zero-order chi connectivity index (χ0) is 20.3. The Morgan fingerprint density at radius 2 is 1.90 bits per heavy atom. The van der Waals surface area contributed by atoms with Crippen molar-refractivity contribution in [3.05, 3.63) is 83.4 Å². The number of aromatic nitrogens is 3. The van der Waals surface area contributed by atoms with Gasteiger partial charge in [0.05, 0.1) is 5.69 Å². The largest absolute Gasteiger partial charge is 0.355 e. The van der Waals surface area contributed by atoms with Crippen LogP contribution < -0.4 is 5.32 Å². The van der Waals surface area contributed by atoms with Crippen LogP contribution in [-0.4, -0.2) is 27.2 Å². The molecular formula is C24H28N4O. The van der Waals surface area contributed by atoms with Crippen LogP contribution in [0.3, 0.4) is 0 Å². The van der Waals surface area contributed by atoms with Crippen molar-refractivity contribution in [2.45, 2.75) is 45.6 Å². The predicted octanol–water partition coefficient (Wildman–Crippen LogP) is 4.01. The molecule has 0 bridgehead atoms. The van der Waals surface area contributed by atoms with Gasteiger partial charge in [-0.25, -0.2) is 0 Å². The van der Waals surface area contributed by atoms with E-state index in [1.165, 1.54) is 5.69 Å². The number of carbonyl (C=O) groups excluding carboxylic acids is 1. The third-order valence-electron chi connectivity index (χ3n) is 5.84. The summed E-state index contributed by atoms with van der Waals surface area (Å²) in [5.74, 6) is 0.0349. The van der Waals surface area contributed by atoms with Crippen LogP contribution >= 0.6 is 0 Å². The van der Waals surface area contributed by atoms with Crippen LogP contribution in [0.25, 0.3) is 0 Å². The molecule has 2 aromatic heterocycles. The maximum Gasteiger partial charge on any atom is 0.221 e. The summed E-state index contributed by atoms with van der Waals surface area (Å²) in [4.78, 5) is 17.3. The summed E-state index contributed by atoms with van der Waals surface area (Å²) in [6.07, 6.45) is 4.45. The molecule has 0 radical (unpaired) electrons. The predicted molar refractivity (Wildman–Crippen MR) is 114 cm³/mol. The normalized spacial score (nSPS) is 15.7. The number of carbonyl (C=O) groups is 1. The molecule has 5 nitrogen and oxygen atoms in total. The number of amides is 1. The van der Waals surface area contributed by atoms with Crippen molar-refractivity contribution in [3.63, 3.8) is 0 Å². The molecule has 1 fully saturated rings. The van der Waals surface area contributed by atoms with Gasteiger partial charge in [0.25, 0.3) is 0 Å². The van der Waals surface area contributed by atoms with E-state index in [0.717, 1.165) is 36.3 Å². The Balaban J connectivity index is 1.40. The van der Waals surface area contributed by atoms with Gasteiger partial charge in [-0.1, -0.05) is 36.4 Å². The first kappa shape index (κ1) is 19.4. The molecule has 29 heavy (non-hydrogen) atoms.